The van der Waals surface area contributed by atoms with E-state index in [1.807, 2.05) is 49.4 Å². The Morgan fingerprint density at radius 1 is 1.03 bits per heavy atom. The van der Waals surface area contributed by atoms with Crippen LogP contribution in [0.4, 0.5) is 5.69 Å². The number of aliphatic imine (C=N–C) groups is 1. The first-order valence-corrected chi connectivity index (χ1v) is 10.2. The quantitative estimate of drug-likeness (QED) is 0.447. The summed E-state index contributed by atoms with van der Waals surface area (Å²) in [7, 11) is 6.67. The minimum absolute atomic E-state index is 0.0410. The van der Waals surface area contributed by atoms with Crippen molar-refractivity contribution in [1.29, 1.82) is 0 Å². The van der Waals surface area contributed by atoms with E-state index < -0.39 is 0 Å². The first kappa shape index (κ1) is 23.9. The van der Waals surface area contributed by atoms with Crippen LogP contribution in [0.15, 0.2) is 47.5 Å². The zero-order valence-electron chi connectivity index (χ0n) is 18.9. The van der Waals surface area contributed by atoms with Crippen molar-refractivity contribution in [3.05, 3.63) is 48.0 Å². The molecule has 168 valence electrons. The third kappa shape index (κ3) is 7.73. The maximum absolute atomic E-state index is 12.0. The number of ether oxygens (including phenoxy) is 3. The van der Waals surface area contributed by atoms with E-state index in [1.165, 1.54) is 10.5 Å². The molecule has 31 heavy (non-hydrogen) atoms. The van der Waals surface area contributed by atoms with Crippen LogP contribution in [0, 0.1) is 0 Å². The zero-order chi connectivity index (χ0) is 22.6. The smallest absolute Gasteiger partial charge is 0.243 e. The molecule has 0 aromatic heterocycles. The van der Waals surface area contributed by atoms with Crippen molar-refractivity contribution in [1.82, 2.24) is 10.2 Å². The van der Waals surface area contributed by atoms with Crippen molar-refractivity contribution in [3.8, 4) is 17.2 Å². The SMILES string of the molecule is CCOc1cc(NC(=NCC(=O)N(C)C)NCCc2ccc(OC)cc2)ccc1OC. The number of nitrogens with one attached hydrogen (secondary N) is 2. The Morgan fingerprint density at radius 3 is 2.39 bits per heavy atom. The standard InChI is InChI=1S/C23H32N4O4/c1-6-31-21-15-18(9-12-20(21)30-5)26-23(25-16-22(28)27(2)3)24-14-13-17-7-10-19(29-4)11-8-17/h7-12,15H,6,13-14,16H2,1-5H3,(H2,24,25,26). The molecule has 0 unspecified atom stereocenters. The van der Waals surface area contributed by atoms with Gasteiger partial charge in [-0.1, -0.05) is 12.1 Å². The Labute approximate surface area is 184 Å². The number of anilines is 1. The van der Waals surface area contributed by atoms with Crippen LogP contribution in [0.2, 0.25) is 0 Å². The van der Waals surface area contributed by atoms with Crippen molar-refractivity contribution in [2.45, 2.75) is 13.3 Å². The van der Waals surface area contributed by atoms with Gasteiger partial charge in [-0.3, -0.25) is 4.79 Å². The van der Waals surface area contributed by atoms with Crippen molar-refractivity contribution in [3.63, 3.8) is 0 Å². The van der Waals surface area contributed by atoms with E-state index in [2.05, 4.69) is 15.6 Å². The molecule has 0 aliphatic heterocycles. The second-order valence-corrected chi connectivity index (χ2v) is 6.90. The summed E-state index contributed by atoms with van der Waals surface area (Å²) >= 11 is 0. The van der Waals surface area contributed by atoms with E-state index in [0.29, 0.717) is 30.6 Å². The predicted molar refractivity (Wildman–Crippen MR) is 123 cm³/mol. The van der Waals surface area contributed by atoms with Gasteiger partial charge in [0, 0.05) is 32.4 Å². The van der Waals surface area contributed by atoms with Crippen molar-refractivity contribution < 1.29 is 19.0 Å². The van der Waals surface area contributed by atoms with Crippen LogP contribution in [0.1, 0.15) is 12.5 Å². The number of amides is 1. The Kier molecular flexibility index (Phi) is 9.48. The number of methoxy groups -OCH3 is 2. The lowest BCUT2D eigenvalue weighted by atomic mass is 10.1. The van der Waals surface area contributed by atoms with Gasteiger partial charge in [-0.2, -0.15) is 0 Å². The normalized spacial score (nSPS) is 10.9. The van der Waals surface area contributed by atoms with Crippen LogP contribution in [0.5, 0.6) is 17.2 Å². The third-order valence-electron chi connectivity index (χ3n) is 4.46. The van der Waals surface area contributed by atoms with Gasteiger partial charge in [0.05, 0.1) is 20.8 Å². The monoisotopic (exact) mass is 428 g/mol. The zero-order valence-corrected chi connectivity index (χ0v) is 18.9. The predicted octanol–water partition coefficient (Wildman–Crippen LogP) is 2.79. The van der Waals surface area contributed by atoms with Crippen LogP contribution in [-0.2, 0) is 11.2 Å². The van der Waals surface area contributed by atoms with E-state index in [9.17, 15) is 4.79 Å². The number of hydrogen-bond donors (Lipinski definition) is 2. The van der Waals surface area contributed by atoms with Gasteiger partial charge in [0.25, 0.3) is 0 Å². The van der Waals surface area contributed by atoms with Crippen molar-refractivity contribution in [2.75, 3.05) is 53.3 Å². The minimum Gasteiger partial charge on any atom is -0.497 e. The van der Waals surface area contributed by atoms with Crippen molar-refractivity contribution in [2.24, 2.45) is 4.99 Å². The number of guanidine groups is 1. The maximum atomic E-state index is 12.0. The fourth-order valence-corrected chi connectivity index (χ4v) is 2.70. The Balaban J connectivity index is 2.09. The summed E-state index contributed by atoms with van der Waals surface area (Å²) in [5.74, 6) is 2.54. The average molecular weight is 429 g/mol. The molecule has 0 heterocycles. The number of benzene rings is 2. The molecule has 0 radical (unpaired) electrons. The van der Waals surface area contributed by atoms with Crippen LogP contribution in [-0.4, -0.2) is 64.8 Å². The summed E-state index contributed by atoms with van der Waals surface area (Å²) in [6.07, 6.45) is 0.791. The molecule has 1 amide bonds. The first-order chi connectivity index (χ1) is 15.0. The van der Waals surface area contributed by atoms with Crippen molar-refractivity contribution >= 4 is 17.6 Å². The summed E-state index contributed by atoms with van der Waals surface area (Å²) in [5.41, 5.74) is 1.94. The van der Waals surface area contributed by atoms with Gasteiger partial charge in [-0.05, 0) is 43.2 Å². The molecule has 2 aromatic carbocycles. The lowest BCUT2D eigenvalue weighted by molar-refractivity contribution is -0.127. The largest absolute Gasteiger partial charge is 0.497 e. The molecule has 0 bridgehead atoms. The number of rotatable bonds is 10. The summed E-state index contributed by atoms with van der Waals surface area (Å²) in [5, 5.41) is 6.53. The Bertz CT molecular complexity index is 866. The molecule has 0 atom stereocenters. The van der Waals surface area contributed by atoms with Gasteiger partial charge < -0.3 is 29.7 Å². The molecule has 2 rings (SSSR count). The van der Waals surface area contributed by atoms with E-state index in [-0.39, 0.29) is 12.5 Å². The highest BCUT2D eigenvalue weighted by atomic mass is 16.5. The maximum Gasteiger partial charge on any atom is 0.243 e. The molecule has 0 saturated carbocycles. The van der Waals surface area contributed by atoms with Gasteiger partial charge in [-0.15, -0.1) is 0 Å². The molecule has 0 fully saturated rings. The molecule has 0 spiro atoms. The minimum atomic E-state index is -0.0824. The van der Waals surface area contributed by atoms with Gasteiger partial charge >= 0.3 is 0 Å². The number of carbonyl (C=O) groups excluding carboxylic acids is 1. The van der Waals surface area contributed by atoms with E-state index in [4.69, 9.17) is 14.2 Å². The molecule has 2 N–H and O–H groups in total. The van der Waals surface area contributed by atoms with E-state index in [1.54, 1.807) is 28.3 Å². The molecular weight excluding hydrogens is 396 g/mol. The number of hydrogen-bond acceptors (Lipinski definition) is 5. The Morgan fingerprint density at radius 2 is 1.77 bits per heavy atom. The van der Waals surface area contributed by atoms with Gasteiger partial charge in [0.1, 0.15) is 12.3 Å². The fraction of sp³-hybridized carbons (Fsp3) is 0.391. The van der Waals surface area contributed by atoms with Gasteiger partial charge in [0.2, 0.25) is 5.91 Å². The van der Waals surface area contributed by atoms with Crippen LogP contribution >= 0.6 is 0 Å². The highest BCUT2D eigenvalue weighted by Gasteiger charge is 2.09. The van der Waals surface area contributed by atoms with Gasteiger partial charge in [0.15, 0.2) is 17.5 Å². The summed E-state index contributed by atoms with van der Waals surface area (Å²) in [6, 6.07) is 13.5. The number of nitrogens with zero attached hydrogens (tertiary/aromatic N) is 2. The molecular formula is C23H32N4O4. The highest BCUT2D eigenvalue weighted by molar-refractivity contribution is 5.95. The van der Waals surface area contributed by atoms with E-state index >= 15 is 0 Å². The fourth-order valence-electron chi connectivity index (χ4n) is 2.70. The number of carbonyl (C=O) groups is 1. The second kappa shape index (κ2) is 12.3. The molecule has 0 saturated heterocycles. The molecule has 0 aliphatic rings. The molecule has 0 aliphatic carbocycles. The first-order valence-electron chi connectivity index (χ1n) is 10.2. The molecule has 8 nitrogen and oxygen atoms in total. The topological polar surface area (TPSA) is 84.4 Å². The van der Waals surface area contributed by atoms with Crippen LogP contribution < -0.4 is 24.8 Å². The molecule has 2 aromatic rings. The molecule has 8 heteroatoms. The third-order valence-corrected chi connectivity index (χ3v) is 4.46. The number of likely N-dealkylation sites (N-methyl/N-ethyl adjacent to an activating group) is 1. The van der Waals surface area contributed by atoms with Crippen LogP contribution in [0.3, 0.4) is 0 Å². The second-order valence-electron chi connectivity index (χ2n) is 6.90. The summed E-state index contributed by atoms with van der Waals surface area (Å²) in [6.45, 7) is 3.13. The van der Waals surface area contributed by atoms with E-state index in [0.717, 1.165) is 17.9 Å². The van der Waals surface area contributed by atoms with Crippen LogP contribution in [0.25, 0.3) is 0 Å². The average Bonchev–Trinajstić information content (AvgIpc) is 2.78. The highest BCUT2D eigenvalue weighted by Crippen LogP contribution is 2.30. The lowest BCUT2D eigenvalue weighted by Crippen LogP contribution is -2.34. The summed E-state index contributed by atoms with van der Waals surface area (Å²) in [4.78, 5) is 17.9. The Hall–Kier alpha value is -3.42. The van der Waals surface area contributed by atoms with Gasteiger partial charge in [-0.25, -0.2) is 4.99 Å². The lowest BCUT2D eigenvalue weighted by Gasteiger charge is -2.16. The summed E-state index contributed by atoms with van der Waals surface area (Å²) < 4.78 is 16.2.